The molecule has 4 amide bonds. The van der Waals surface area contributed by atoms with Crippen molar-refractivity contribution in [2.45, 2.75) is 6.92 Å². The fraction of sp³-hybridized carbons (Fsp3) is 0.294. The van der Waals surface area contributed by atoms with Crippen LogP contribution in [0.15, 0.2) is 36.9 Å². The Morgan fingerprint density at radius 1 is 1.15 bits per heavy atom. The van der Waals surface area contributed by atoms with E-state index in [0.717, 1.165) is 0 Å². The van der Waals surface area contributed by atoms with Crippen LogP contribution in [0.4, 0.5) is 4.79 Å². The third kappa shape index (κ3) is 7.47. The van der Waals surface area contributed by atoms with Crippen molar-refractivity contribution in [3.8, 4) is 5.75 Å². The maximum Gasteiger partial charge on any atom is 0.325 e. The number of carbonyl (C=O) groups excluding carboxylic acids is 4. The van der Waals surface area contributed by atoms with Crippen LogP contribution < -0.4 is 20.7 Å². The molecule has 0 saturated heterocycles. The van der Waals surface area contributed by atoms with Crippen molar-refractivity contribution in [1.29, 1.82) is 0 Å². The molecule has 26 heavy (non-hydrogen) atoms. The van der Waals surface area contributed by atoms with Crippen LogP contribution in [-0.2, 0) is 14.3 Å². The summed E-state index contributed by atoms with van der Waals surface area (Å²) in [6.07, 6.45) is 1.44. The highest BCUT2D eigenvalue weighted by molar-refractivity contribution is 5.99. The Bertz CT molecular complexity index is 674. The van der Waals surface area contributed by atoms with Gasteiger partial charge in [0.1, 0.15) is 12.3 Å². The highest BCUT2D eigenvalue weighted by Crippen LogP contribution is 2.17. The highest BCUT2D eigenvalue weighted by atomic mass is 16.5. The Labute approximate surface area is 150 Å². The van der Waals surface area contributed by atoms with Gasteiger partial charge in [-0.3, -0.25) is 19.7 Å². The van der Waals surface area contributed by atoms with Crippen LogP contribution in [0, 0.1) is 0 Å². The molecule has 1 aromatic carbocycles. The number of rotatable bonds is 9. The van der Waals surface area contributed by atoms with Crippen molar-refractivity contribution in [1.82, 2.24) is 16.0 Å². The topological polar surface area (TPSA) is 123 Å². The number of para-hydroxylation sites is 1. The van der Waals surface area contributed by atoms with Gasteiger partial charge in [0.15, 0.2) is 6.61 Å². The summed E-state index contributed by atoms with van der Waals surface area (Å²) < 4.78 is 10.0. The molecule has 1 rings (SSSR count). The second-order valence-corrected chi connectivity index (χ2v) is 4.82. The average molecular weight is 363 g/mol. The van der Waals surface area contributed by atoms with Crippen LogP contribution >= 0.6 is 0 Å². The molecule has 0 heterocycles. The fourth-order valence-corrected chi connectivity index (χ4v) is 1.75. The van der Waals surface area contributed by atoms with E-state index in [0.29, 0.717) is 12.4 Å². The van der Waals surface area contributed by atoms with Gasteiger partial charge in [-0.15, -0.1) is 6.58 Å². The zero-order valence-electron chi connectivity index (χ0n) is 14.4. The maximum atomic E-state index is 12.1. The van der Waals surface area contributed by atoms with Crippen LogP contribution in [0.2, 0.25) is 0 Å². The first kappa shape index (κ1) is 20.7. The fourth-order valence-electron chi connectivity index (χ4n) is 1.75. The monoisotopic (exact) mass is 363 g/mol. The van der Waals surface area contributed by atoms with Gasteiger partial charge in [0.25, 0.3) is 11.8 Å². The first-order valence-corrected chi connectivity index (χ1v) is 7.82. The molecule has 0 saturated carbocycles. The molecule has 3 N–H and O–H groups in total. The smallest absolute Gasteiger partial charge is 0.325 e. The van der Waals surface area contributed by atoms with E-state index >= 15 is 0 Å². The molecular weight excluding hydrogens is 342 g/mol. The lowest BCUT2D eigenvalue weighted by atomic mass is 10.2. The second-order valence-electron chi connectivity index (χ2n) is 4.82. The number of carbonyl (C=O) groups is 4. The molecule has 0 atom stereocenters. The zero-order valence-corrected chi connectivity index (χ0v) is 14.4. The van der Waals surface area contributed by atoms with E-state index in [-0.39, 0.29) is 12.1 Å². The van der Waals surface area contributed by atoms with Crippen LogP contribution in [0.3, 0.4) is 0 Å². The van der Waals surface area contributed by atoms with Gasteiger partial charge in [-0.25, -0.2) is 4.79 Å². The van der Waals surface area contributed by atoms with Crippen molar-refractivity contribution in [2.24, 2.45) is 0 Å². The Kier molecular flexibility index (Phi) is 8.94. The predicted octanol–water partition coefficient (Wildman–Crippen LogP) is 0.370. The number of nitrogens with one attached hydrogen (secondary N) is 3. The van der Waals surface area contributed by atoms with Crippen molar-refractivity contribution in [3.05, 3.63) is 42.5 Å². The largest absolute Gasteiger partial charge is 0.493 e. The van der Waals surface area contributed by atoms with E-state index in [1.165, 1.54) is 6.08 Å². The third-order valence-corrected chi connectivity index (χ3v) is 2.85. The Morgan fingerprint density at radius 2 is 1.88 bits per heavy atom. The zero-order chi connectivity index (χ0) is 19.4. The minimum absolute atomic E-state index is 0.189. The lowest BCUT2D eigenvalue weighted by Gasteiger charge is -2.10. The number of imide groups is 1. The normalized spacial score (nSPS) is 9.58. The molecule has 0 aliphatic rings. The Balaban J connectivity index is 2.38. The summed E-state index contributed by atoms with van der Waals surface area (Å²) in [5.41, 5.74) is 0.277. The van der Waals surface area contributed by atoms with Crippen molar-refractivity contribution >= 4 is 23.8 Å². The van der Waals surface area contributed by atoms with Crippen LogP contribution in [0.5, 0.6) is 5.75 Å². The molecule has 9 nitrogen and oxygen atoms in total. The molecule has 0 aromatic heterocycles. The van der Waals surface area contributed by atoms with E-state index in [1.54, 1.807) is 31.2 Å². The summed E-state index contributed by atoms with van der Waals surface area (Å²) >= 11 is 0. The number of ether oxygens (including phenoxy) is 2. The van der Waals surface area contributed by atoms with E-state index in [2.05, 4.69) is 21.9 Å². The average Bonchev–Trinajstić information content (AvgIpc) is 2.63. The molecule has 0 aliphatic carbocycles. The van der Waals surface area contributed by atoms with Crippen molar-refractivity contribution < 1.29 is 28.7 Å². The van der Waals surface area contributed by atoms with Crippen LogP contribution in [0.1, 0.15) is 17.3 Å². The SMILES string of the molecule is C=CCNC(=O)NC(=O)COC(=O)CNC(=O)c1ccccc1OCC. The van der Waals surface area contributed by atoms with Gasteiger partial charge in [0.05, 0.1) is 12.2 Å². The maximum absolute atomic E-state index is 12.1. The lowest BCUT2D eigenvalue weighted by molar-refractivity contribution is -0.147. The van der Waals surface area contributed by atoms with E-state index in [4.69, 9.17) is 4.74 Å². The Hall–Kier alpha value is -3.36. The number of hydrogen-bond donors (Lipinski definition) is 3. The highest BCUT2D eigenvalue weighted by Gasteiger charge is 2.14. The van der Waals surface area contributed by atoms with E-state index < -0.39 is 37.0 Å². The van der Waals surface area contributed by atoms with E-state index in [9.17, 15) is 19.2 Å². The van der Waals surface area contributed by atoms with Gasteiger partial charge in [-0.2, -0.15) is 0 Å². The number of urea groups is 1. The minimum Gasteiger partial charge on any atom is -0.493 e. The molecule has 0 spiro atoms. The first-order valence-electron chi connectivity index (χ1n) is 7.82. The summed E-state index contributed by atoms with van der Waals surface area (Å²) in [6, 6.07) is 5.85. The molecule has 0 bridgehead atoms. The van der Waals surface area contributed by atoms with Crippen molar-refractivity contribution in [3.63, 3.8) is 0 Å². The lowest BCUT2D eigenvalue weighted by Crippen LogP contribution is -2.42. The first-order chi connectivity index (χ1) is 12.5. The molecule has 0 unspecified atom stereocenters. The number of amides is 4. The summed E-state index contributed by atoms with van der Waals surface area (Å²) in [4.78, 5) is 46.3. The molecule has 140 valence electrons. The summed E-state index contributed by atoms with van der Waals surface area (Å²) in [7, 11) is 0. The number of benzene rings is 1. The summed E-state index contributed by atoms with van der Waals surface area (Å²) in [6.45, 7) is 4.69. The molecule has 9 heteroatoms. The standard InChI is InChI=1S/C17H21N3O6/c1-3-9-18-17(24)20-14(21)11-26-15(22)10-19-16(23)12-7-5-6-8-13(12)25-4-2/h3,5-8H,1,4,9-11H2,2H3,(H,19,23)(H2,18,20,21,24). The van der Waals surface area contributed by atoms with Gasteiger partial charge in [0, 0.05) is 6.54 Å². The van der Waals surface area contributed by atoms with Crippen molar-refractivity contribution in [2.75, 3.05) is 26.3 Å². The number of esters is 1. The predicted molar refractivity (Wildman–Crippen MR) is 92.6 cm³/mol. The van der Waals surface area contributed by atoms with Crippen LogP contribution in [0.25, 0.3) is 0 Å². The summed E-state index contributed by atoms with van der Waals surface area (Å²) in [5, 5.41) is 6.67. The number of hydrogen-bond acceptors (Lipinski definition) is 6. The van der Waals surface area contributed by atoms with Crippen LogP contribution in [-0.4, -0.2) is 50.1 Å². The summed E-state index contributed by atoms with van der Waals surface area (Å²) in [5.74, 6) is -1.74. The quantitative estimate of drug-likeness (QED) is 0.430. The van der Waals surface area contributed by atoms with Gasteiger partial charge in [-0.1, -0.05) is 18.2 Å². The van der Waals surface area contributed by atoms with Gasteiger partial charge < -0.3 is 20.1 Å². The minimum atomic E-state index is -0.825. The molecule has 0 aliphatic heterocycles. The molecule has 0 radical (unpaired) electrons. The van der Waals surface area contributed by atoms with Gasteiger partial charge in [-0.05, 0) is 19.1 Å². The molecule has 1 aromatic rings. The third-order valence-electron chi connectivity index (χ3n) is 2.85. The second kappa shape index (κ2) is 11.2. The van der Waals surface area contributed by atoms with Gasteiger partial charge >= 0.3 is 12.0 Å². The molecular formula is C17H21N3O6. The van der Waals surface area contributed by atoms with Gasteiger partial charge in [0.2, 0.25) is 0 Å². The van der Waals surface area contributed by atoms with E-state index in [1.807, 2.05) is 5.32 Å². The molecule has 0 fully saturated rings. The Morgan fingerprint density at radius 3 is 2.58 bits per heavy atom.